The van der Waals surface area contributed by atoms with E-state index in [2.05, 4.69) is 25.3 Å². The van der Waals surface area contributed by atoms with Gasteiger partial charge in [-0.1, -0.05) is 26.0 Å². The summed E-state index contributed by atoms with van der Waals surface area (Å²) in [7, 11) is -3.10. The van der Waals surface area contributed by atoms with Crippen LogP contribution in [0.15, 0.2) is 24.3 Å². The van der Waals surface area contributed by atoms with Crippen molar-refractivity contribution in [3.8, 4) is 11.6 Å². The lowest BCUT2D eigenvalue weighted by Crippen LogP contribution is -2.59. The highest BCUT2D eigenvalue weighted by molar-refractivity contribution is 7.91. The molecule has 0 spiro atoms. The van der Waals surface area contributed by atoms with Gasteiger partial charge in [0.25, 0.3) is 5.91 Å². The van der Waals surface area contributed by atoms with E-state index in [-0.39, 0.29) is 42.9 Å². The molecule has 2 aromatic rings. The molecule has 0 bridgehead atoms. The Kier molecular flexibility index (Phi) is 12.2. The minimum absolute atomic E-state index is 0.0584. The van der Waals surface area contributed by atoms with Crippen LogP contribution in [0.1, 0.15) is 85.3 Å². The average molecular weight is 909 g/mol. The molecule has 3 heterocycles. The molecule has 4 amide bonds. The number of carbonyl (C=O) groups is 4. The maximum absolute atomic E-state index is 14.7. The van der Waals surface area contributed by atoms with Gasteiger partial charge in [-0.2, -0.15) is 26.3 Å². The molecule has 15 nitrogen and oxygen atoms in total. The second-order valence-electron chi connectivity index (χ2n) is 17.3. The Balaban J connectivity index is 1.39. The average Bonchev–Trinajstić information content (AvgIpc) is 4.03. The van der Waals surface area contributed by atoms with E-state index in [4.69, 9.17) is 14.2 Å². The molecule has 2 aliphatic carbocycles. The zero-order chi connectivity index (χ0) is 46.0. The Morgan fingerprint density at radius 1 is 1.02 bits per heavy atom. The number of benzene rings is 1. The van der Waals surface area contributed by atoms with Gasteiger partial charge in [0.1, 0.15) is 23.7 Å². The molecule has 2 saturated carbocycles. The SMILES string of the molecule is COc1cc2nc(OC3CC4C(=O)NC5(C(=O)NS(=O)(=O)C6(C)CC6)CC5C=CCCC(C)CC(C)C(NC(=O)OC(C)(C)C(F)(F)F)C(=O)N4C3)c(C(F)(F)F)nc2cc1F. The number of alkyl carbamates (subject to hydrolysis) is 1. The molecule has 2 aliphatic heterocycles. The van der Waals surface area contributed by atoms with Crippen LogP contribution in [-0.2, 0) is 35.3 Å². The monoisotopic (exact) mass is 908 g/mol. The number of halogens is 7. The Hall–Kier alpha value is -4.96. The number of amides is 4. The summed E-state index contributed by atoms with van der Waals surface area (Å²) in [4.78, 5) is 64.5. The lowest BCUT2D eigenvalue weighted by atomic mass is 9.88. The highest BCUT2D eigenvalue weighted by atomic mass is 32.2. The maximum Gasteiger partial charge on any atom is 0.438 e. The van der Waals surface area contributed by atoms with Gasteiger partial charge >= 0.3 is 18.4 Å². The van der Waals surface area contributed by atoms with Gasteiger partial charge in [0.05, 0.1) is 29.4 Å². The Morgan fingerprint density at radius 3 is 2.29 bits per heavy atom. The Morgan fingerprint density at radius 2 is 1.68 bits per heavy atom. The Bertz CT molecular complexity index is 2270. The lowest BCUT2D eigenvalue weighted by Gasteiger charge is -2.34. The van der Waals surface area contributed by atoms with Crippen LogP contribution in [0.5, 0.6) is 11.6 Å². The molecule has 342 valence electrons. The van der Waals surface area contributed by atoms with Crippen LogP contribution >= 0.6 is 0 Å². The van der Waals surface area contributed by atoms with Gasteiger partial charge < -0.3 is 29.7 Å². The van der Waals surface area contributed by atoms with E-state index in [1.807, 2.05) is 6.92 Å². The minimum Gasteiger partial charge on any atom is -0.494 e. The third-order valence-corrected chi connectivity index (χ3v) is 14.2. The molecule has 7 atom stereocenters. The quantitative estimate of drug-likeness (QED) is 0.225. The first-order valence-corrected chi connectivity index (χ1v) is 21.3. The number of hydrogen-bond acceptors (Lipinski definition) is 11. The van der Waals surface area contributed by atoms with Crippen LogP contribution in [0.25, 0.3) is 11.0 Å². The number of ether oxygens (including phenoxy) is 3. The van der Waals surface area contributed by atoms with Gasteiger partial charge in [-0.05, 0) is 71.1 Å². The van der Waals surface area contributed by atoms with Gasteiger partial charge in [-0.25, -0.2) is 27.6 Å². The summed E-state index contributed by atoms with van der Waals surface area (Å²) in [6, 6.07) is -1.70. The first kappa shape index (κ1) is 46.5. The summed E-state index contributed by atoms with van der Waals surface area (Å²) in [5.74, 6) is -7.41. The summed E-state index contributed by atoms with van der Waals surface area (Å²) < 4.78 is 142. The smallest absolute Gasteiger partial charge is 0.438 e. The molecular weight excluding hydrogens is 862 g/mol. The predicted molar refractivity (Wildman–Crippen MR) is 204 cm³/mol. The second kappa shape index (κ2) is 16.3. The summed E-state index contributed by atoms with van der Waals surface area (Å²) in [6.45, 7) is 5.34. The molecule has 7 unspecified atom stereocenters. The Labute approximate surface area is 351 Å². The van der Waals surface area contributed by atoms with Crippen LogP contribution in [0.4, 0.5) is 35.5 Å². The first-order chi connectivity index (χ1) is 28.6. The van der Waals surface area contributed by atoms with Gasteiger partial charge in [-0.15, -0.1) is 0 Å². The van der Waals surface area contributed by atoms with Crippen molar-refractivity contribution in [1.29, 1.82) is 0 Å². The van der Waals surface area contributed by atoms with Crippen molar-refractivity contribution in [2.75, 3.05) is 13.7 Å². The van der Waals surface area contributed by atoms with E-state index in [9.17, 15) is 58.3 Å². The van der Waals surface area contributed by atoms with Crippen molar-refractivity contribution in [2.24, 2.45) is 17.8 Å². The molecule has 3 N–H and O–H groups in total. The fourth-order valence-corrected chi connectivity index (χ4v) is 8.98. The first-order valence-electron chi connectivity index (χ1n) is 19.8. The van der Waals surface area contributed by atoms with Crippen molar-refractivity contribution in [2.45, 2.75) is 126 Å². The van der Waals surface area contributed by atoms with E-state index in [1.165, 1.54) is 13.8 Å². The molecule has 23 heteroatoms. The van der Waals surface area contributed by atoms with E-state index in [0.29, 0.717) is 32.8 Å². The molecule has 1 saturated heterocycles. The molecule has 0 radical (unpaired) electrons. The van der Waals surface area contributed by atoms with Crippen molar-refractivity contribution in [3.63, 3.8) is 0 Å². The zero-order valence-electron chi connectivity index (χ0n) is 34.5. The largest absolute Gasteiger partial charge is 0.494 e. The molecule has 6 rings (SSSR count). The van der Waals surface area contributed by atoms with E-state index < -0.39 is 128 Å². The highest BCUT2D eigenvalue weighted by Gasteiger charge is 2.63. The van der Waals surface area contributed by atoms with Crippen LogP contribution in [0.3, 0.4) is 0 Å². The number of aromatic nitrogens is 2. The van der Waals surface area contributed by atoms with Gasteiger partial charge in [-0.3, -0.25) is 19.1 Å². The number of allylic oxidation sites excluding steroid dienone is 1. The molecule has 1 aromatic heterocycles. The summed E-state index contributed by atoms with van der Waals surface area (Å²) in [5.41, 5.74) is -7.32. The summed E-state index contributed by atoms with van der Waals surface area (Å²) in [5, 5.41) is 4.82. The number of methoxy groups -OCH3 is 1. The third-order valence-electron chi connectivity index (χ3n) is 12.0. The highest BCUT2D eigenvalue weighted by Crippen LogP contribution is 2.48. The number of carbonyl (C=O) groups excluding carboxylic acids is 4. The van der Waals surface area contributed by atoms with Gasteiger partial charge in [0.15, 0.2) is 11.6 Å². The van der Waals surface area contributed by atoms with Crippen LogP contribution in [-0.4, -0.2) is 101 Å². The van der Waals surface area contributed by atoms with E-state index in [0.717, 1.165) is 18.1 Å². The van der Waals surface area contributed by atoms with Crippen molar-refractivity contribution >= 4 is 44.9 Å². The number of fused-ring (bicyclic) bond motifs is 3. The number of alkyl halides is 6. The zero-order valence-corrected chi connectivity index (χ0v) is 35.3. The van der Waals surface area contributed by atoms with Gasteiger partial charge in [0.2, 0.25) is 39.0 Å². The fourth-order valence-electron chi connectivity index (χ4n) is 7.67. The number of hydrogen-bond donors (Lipinski definition) is 3. The van der Waals surface area contributed by atoms with Crippen LogP contribution in [0.2, 0.25) is 0 Å². The van der Waals surface area contributed by atoms with E-state index in [1.54, 1.807) is 12.2 Å². The van der Waals surface area contributed by atoms with Crippen LogP contribution < -0.4 is 24.8 Å². The van der Waals surface area contributed by atoms with Crippen molar-refractivity contribution in [1.82, 2.24) is 30.2 Å². The number of nitrogens with zero attached hydrogens (tertiary/aromatic N) is 3. The summed E-state index contributed by atoms with van der Waals surface area (Å²) >= 11 is 0. The van der Waals surface area contributed by atoms with Gasteiger partial charge in [0, 0.05) is 24.5 Å². The minimum atomic E-state index is -5.22. The second-order valence-corrected chi connectivity index (χ2v) is 19.5. The number of sulfonamides is 1. The van der Waals surface area contributed by atoms with Crippen LogP contribution in [0, 0.1) is 23.6 Å². The molecule has 62 heavy (non-hydrogen) atoms. The predicted octanol–water partition coefficient (Wildman–Crippen LogP) is 5.47. The summed E-state index contributed by atoms with van der Waals surface area (Å²) in [6.07, 6.45) is -8.88. The fraction of sp³-hybridized carbons (Fsp3) is 0.641. The van der Waals surface area contributed by atoms with E-state index >= 15 is 0 Å². The third kappa shape index (κ3) is 9.36. The maximum atomic E-state index is 14.7. The topological polar surface area (TPSA) is 195 Å². The molecular formula is C39H47F7N6O9S. The molecule has 3 fully saturated rings. The molecule has 4 aliphatic rings. The molecule has 1 aromatic carbocycles. The standard InChI is InChI=1S/C39H47F7N6O9S/c1-19-9-7-8-10-21-17-37(21,33(55)51-62(57,58)36(5)11-12-36)50-30(53)26-14-22(60-31-29(38(41,42)43)47-24-15-23(40)27(59-6)16-25(24)48-31)18-52(26)32(54)28(20(2)13-19)49-34(56)61-35(3,4)39(44,45)46/h8,10,15-16,19-22,26,28H,7,9,11-14,17-18H2,1-6H3,(H,49,56)(H,50,53)(H,51,55). The normalized spacial score (nSPS) is 28.1. The number of rotatable bonds is 8. The lowest BCUT2D eigenvalue weighted by molar-refractivity contribution is -0.244. The van der Waals surface area contributed by atoms with Crippen molar-refractivity contribution < 1.29 is 72.5 Å². The van der Waals surface area contributed by atoms with Crippen molar-refractivity contribution in [3.05, 3.63) is 35.8 Å². The number of nitrogens with one attached hydrogen (secondary N) is 3.